The van der Waals surface area contributed by atoms with E-state index in [2.05, 4.69) is 47.1 Å². The molecule has 1 aromatic heterocycles. The summed E-state index contributed by atoms with van der Waals surface area (Å²) in [6, 6.07) is 5.97. The van der Waals surface area contributed by atoms with Gasteiger partial charge in [-0.15, -0.1) is 0 Å². The van der Waals surface area contributed by atoms with Crippen LogP contribution in [0.5, 0.6) is 0 Å². The predicted octanol–water partition coefficient (Wildman–Crippen LogP) is 4.71. The molecule has 0 aliphatic heterocycles. The second kappa shape index (κ2) is 5.33. The minimum atomic E-state index is 0.386. The molecule has 0 atom stereocenters. The number of rotatable bonds is 2. The van der Waals surface area contributed by atoms with Crippen LogP contribution in [0.2, 0.25) is 5.15 Å². The van der Waals surface area contributed by atoms with Gasteiger partial charge in [-0.2, -0.15) is 0 Å². The molecule has 2 rings (SSSR count). The lowest BCUT2D eigenvalue weighted by Gasteiger charge is -2.10. The molecule has 0 saturated heterocycles. The summed E-state index contributed by atoms with van der Waals surface area (Å²) < 4.78 is 1.70. The van der Waals surface area contributed by atoms with Crippen LogP contribution in [-0.2, 0) is 0 Å². The van der Waals surface area contributed by atoms with Gasteiger partial charge in [-0.1, -0.05) is 27.5 Å². The van der Waals surface area contributed by atoms with Crippen LogP contribution in [0.1, 0.15) is 5.56 Å². The average Bonchev–Trinajstić information content (AvgIpc) is 2.28. The average molecular weight is 377 g/mol. The molecule has 0 aliphatic carbocycles. The summed E-state index contributed by atoms with van der Waals surface area (Å²) in [4.78, 5) is 8.01. The van der Waals surface area contributed by atoms with Gasteiger partial charge in [0.25, 0.3) is 0 Å². The molecular weight excluding hydrogens is 369 g/mol. The van der Waals surface area contributed by atoms with E-state index < -0.39 is 0 Å². The van der Waals surface area contributed by atoms with Crippen LogP contribution in [0.25, 0.3) is 0 Å². The minimum absolute atomic E-state index is 0.386. The number of anilines is 2. The van der Waals surface area contributed by atoms with Crippen molar-refractivity contribution in [2.75, 3.05) is 5.32 Å². The molecule has 17 heavy (non-hydrogen) atoms. The molecule has 0 fully saturated rings. The van der Waals surface area contributed by atoms with Crippen LogP contribution in [0.3, 0.4) is 0 Å². The summed E-state index contributed by atoms with van der Waals surface area (Å²) in [6.45, 7) is 2.02. The van der Waals surface area contributed by atoms with Gasteiger partial charge in [0, 0.05) is 10.2 Å². The van der Waals surface area contributed by atoms with Gasteiger partial charge in [-0.3, -0.25) is 0 Å². The molecule has 1 aromatic carbocycles. The first kappa shape index (κ1) is 12.8. The monoisotopic (exact) mass is 375 g/mol. The fourth-order valence-corrected chi connectivity index (χ4v) is 2.24. The van der Waals surface area contributed by atoms with Crippen molar-refractivity contribution in [2.24, 2.45) is 0 Å². The van der Waals surface area contributed by atoms with Crippen LogP contribution in [0.15, 0.2) is 33.5 Å². The number of hydrogen-bond donors (Lipinski definition) is 1. The van der Waals surface area contributed by atoms with Crippen LogP contribution in [-0.4, -0.2) is 9.97 Å². The van der Waals surface area contributed by atoms with Gasteiger partial charge in [-0.25, -0.2) is 9.97 Å². The van der Waals surface area contributed by atoms with Crippen LogP contribution in [0.4, 0.5) is 11.5 Å². The Labute approximate surface area is 121 Å². The maximum absolute atomic E-state index is 5.90. The van der Waals surface area contributed by atoms with Gasteiger partial charge in [0.2, 0.25) is 0 Å². The number of nitrogens with zero attached hydrogens (tertiary/aromatic N) is 2. The van der Waals surface area contributed by atoms with Crippen molar-refractivity contribution >= 4 is 55.0 Å². The van der Waals surface area contributed by atoms with Gasteiger partial charge in [0.1, 0.15) is 17.3 Å². The Bertz CT molecular complexity index is 560. The Morgan fingerprint density at radius 3 is 2.71 bits per heavy atom. The van der Waals surface area contributed by atoms with Gasteiger partial charge in [-0.05, 0) is 46.6 Å². The molecule has 1 N–H and O–H groups in total. The predicted molar refractivity (Wildman–Crippen MR) is 76.9 cm³/mol. The smallest absolute Gasteiger partial charge is 0.149 e. The quantitative estimate of drug-likeness (QED) is 0.771. The van der Waals surface area contributed by atoms with Crippen LogP contribution < -0.4 is 5.32 Å². The van der Waals surface area contributed by atoms with Crippen molar-refractivity contribution in [3.05, 3.63) is 44.2 Å². The molecule has 0 amide bonds. The molecule has 2 aromatic rings. The van der Waals surface area contributed by atoms with Crippen molar-refractivity contribution < 1.29 is 0 Å². The topological polar surface area (TPSA) is 37.8 Å². The molecule has 6 heteroatoms. The lowest BCUT2D eigenvalue weighted by molar-refractivity contribution is 1.15. The Morgan fingerprint density at radius 2 is 2.00 bits per heavy atom. The maximum atomic E-state index is 5.90. The maximum Gasteiger partial charge on any atom is 0.149 e. The lowest BCUT2D eigenvalue weighted by atomic mass is 10.2. The van der Waals surface area contributed by atoms with Gasteiger partial charge in [0.15, 0.2) is 0 Å². The largest absolute Gasteiger partial charge is 0.339 e. The van der Waals surface area contributed by atoms with E-state index in [0.717, 1.165) is 15.7 Å². The van der Waals surface area contributed by atoms with Crippen molar-refractivity contribution in [3.8, 4) is 0 Å². The zero-order valence-corrected chi connectivity index (χ0v) is 12.8. The van der Waals surface area contributed by atoms with Crippen LogP contribution in [0, 0.1) is 6.92 Å². The summed E-state index contributed by atoms with van der Waals surface area (Å²) in [5.74, 6) is 0.649. The molecule has 0 saturated carbocycles. The van der Waals surface area contributed by atoms with E-state index in [1.165, 1.54) is 6.33 Å². The lowest BCUT2D eigenvalue weighted by Crippen LogP contribution is -1.97. The zero-order chi connectivity index (χ0) is 12.4. The third-order valence-electron chi connectivity index (χ3n) is 2.19. The van der Waals surface area contributed by atoms with E-state index in [4.69, 9.17) is 11.6 Å². The summed E-state index contributed by atoms with van der Waals surface area (Å²) in [5.41, 5.74) is 2.09. The number of benzene rings is 1. The first-order valence-corrected chi connectivity index (χ1v) is 6.73. The number of aromatic nitrogens is 2. The number of hydrogen-bond acceptors (Lipinski definition) is 3. The van der Waals surface area contributed by atoms with E-state index >= 15 is 0 Å². The third-order valence-corrected chi connectivity index (χ3v) is 3.95. The van der Waals surface area contributed by atoms with Crippen molar-refractivity contribution in [3.63, 3.8) is 0 Å². The van der Waals surface area contributed by atoms with Gasteiger partial charge < -0.3 is 5.32 Å². The van der Waals surface area contributed by atoms with Crippen molar-refractivity contribution in [2.45, 2.75) is 6.92 Å². The second-order valence-corrected chi connectivity index (χ2v) is 5.48. The van der Waals surface area contributed by atoms with Gasteiger partial charge in [0.05, 0.1) is 4.47 Å². The molecule has 0 spiro atoms. The van der Waals surface area contributed by atoms with E-state index in [-0.39, 0.29) is 0 Å². The highest BCUT2D eigenvalue weighted by Gasteiger charge is 2.08. The molecule has 0 unspecified atom stereocenters. The highest BCUT2D eigenvalue weighted by Crippen LogP contribution is 2.30. The van der Waals surface area contributed by atoms with Crippen molar-refractivity contribution in [1.82, 2.24) is 9.97 Å². The Balaban J connectivity index is 2.35. The summed E-state index contributed by atoms with van der Waals surface area (Å²) in [7, 11) is 0. The van der Waals surface area contributed by atoms with E-state index in [0.29, 0.717) is 15.4 Å². The van der Waals surface area contributed by atoms with Crippen LogP contribution >= 0.6 is 43.5 Å². The summed E-state index contributed by atoms with van der Waals surface area (Å²) in [5, 5.41) is 3.59. The molecule has 3 nitrogen and oxygen atoms in total. The van der Waals surface area contributed by atoms with E-state index in [1.54, 1.807) is 0 Å². The standard InChI is InChI=1S/C11H8Br2ClN3/c1-6-4-7(12)2-3-8(6)17-11-9(13)10(14)15-5-16-11/h2-5H,1H3,(H,15,16,17). The zero-order valence-electron chi connectivity index (χ0n) is 8.84. The number of aryl methyl sites for hydroxylation is 1. The Hall–Kier alpha value is -0.650. The fraction of sp³-hybridized carbons (Fsp3) is 0.0909. The van der Waals surface area contributed by atoms with Crippen molar-refractivity contribution in [1.29, 1.82) is 0 Å². The van der Waals surface area contributed by atoms with E-state index in [1.807, 2.05) is 25.1 Å². The number of nitrogens with one attached hydrogen (secondary N) is 1. The molecule has 0 bridgehead atoms. The Morgan fingerprint density at radius 1 is 1.24 bits per heavy atom. The molecule has 88 valence electrons. The molecule has 1 heterocycles. The van der Waals surface area contributed by atoms with E-state index in [9.17, 15) is 0 Å². The highest BCUT2D eigenvalue weighted by molar-refractivity contribution is 9.11. The second-order valence-electron chi connectivity index (χ2n) is 3.41. The Kier molecular flexibility index (Phi) is 4.01. The third kappa shape index (κ3) is 2.97. The van der Waals surface area contributed by atoms with Gasteiger partial charge >= 0.3 is 0 Å². The fourth-order valence-electron chi connectivity index (χ4n) is 1.33. The summed E-state index contributed by atoms with van der Waals surface area (Å²) >= 11 is 12.7. The molecule has 0 radical (unpaired) electrons. The summed E-state index contributed by atoms with van der Waals surface area (Å²) in [6.07, 6.45) is 1.42. The number of halogens is 3. The highest BCUT2D eigenvalue weighted by atomic mass is 79.9. The first-order chi connectivity index (χ1) is 8.08. The first-order valence-electron chi connectivity index (χ1n) is 4.77. The molecular formula is C11H8Br2ClN3. The normalized spacial score (nSPS) is 10.4. The molecule has 0 aliphatic rings. The SMILES string of the molecule is Cc1cc(Br)ccc1Nc1ncnc(Cl)c1Br. The minimum Gasteiger partial charge on any atom is -0.339 e.